The standard InChI is InChI=1S/C29H29BrN2O4/c1-3-34-29(33)26(21-14-16-23(30)17-15-21)35-18-6-7-19-36-28-24-8-4-5-9-25(24)31-27(32-28)22-12-10-20(2)11-13-22/h4-5,8-17,26H,3,6-7,18-19H2,1-2H3. The highest BCUT2D eigenvalue weighted by Crippen LogP contribution is 2.27. The van der Waals surface area contributed by atoms with Gasteiger partial charge in [-0.05, 0) is 56.5 Å². The molecule has 0 spiro atoms. The number of halogens is 1. The second-order valence-corrected chi connectivity index (χ2v) is 9.26. The smallest absolute Gasteiger partial charge is 0.339 e. The maximum Gasteiger partial charge on any atom is 0.339 e. The van der Waals surface area contributed by atoms with E-state index in [0.29, 0.717) is 31.5 Å². The van der Waals surface area contributed by atoms with E-state index in [1.165, 1.54) is 5.56 Å². The fourth-order valence-electron chi connectivity index (χ4n) is 3.72. The van der Waals surface area contributed by atoms with Gasteiger partial charge in [-0.1, -0.05) is 70.0 Å². The van der Waals surface area contributed by atoms with Crippen LogP contribution in [0.1, 0.15) is 37.0 Å². The molecule has 0 saturated carbocycles. The Morgan fingerprint density at radius 1 is 0.917 bits per heavy atom. The Bertz CT molecular complexity index is 1290. The lowest BCUT2D eigenvalue weighted by molar-refractivity contribution is -0.157. The van der Waals surface area contributed by atoms with Crippen molar-refractivity contribution in [1.29, 1.82) is 0 Å². The molecule has 4 rings (SSSR count). The second kappa shape index (κ2) is 12.6. The first-order valence-corrected chi connectivity index (χ1v) is 12.8. The maximum absolute atomic E-state index is 12.4. The number of carbonyl (C=O) groups excluding carboxylic acids is 1. The van der Waals surface area contributed by atoms with Crippen LogP contribution in [0.3, 0.4) is 0 Å². The lowest BCUT2D eigenvalue weighted by Crippen LogP contribution is -2.19. The van der Waals surface area contributed by atoms with Crippen LogP contribution in [0.5, 0.6) is 5.88 Å². The fraction of sp³-hybridized carbons (Fsp3) is 0.276. The molecule has 186 valence electrons. The molecule has 0 amide bonds. The van der Waals surface area contributed by atoms with Gasteiger partial charge in [0.15, 0.2) is 11.9 Å². The Kier molecular flexibility index (Phi) is 9.03. The minimum atomic E-state index is -0.748. The zero-order valence-corrected chi connectivity index (χ0v) is 22.0. The first-order chi connectivity index (χ1) is 17.5. The summed E-state index contributed by atoms with van der Waals surface area (Å²) in [7, 11) is 0. The van der Waals surface area contributed by atoms with Gasteiger partial charge in [-0.3, -0.25) is 0 Å². The van der Waals surface area contributed by atoms with Gasteiger partial charge in [0.1, 0.15) is 0 Å². The molecule has 0 aliphatic rings. The third-order valence-electron chi connectivity index (χ3n) is 5.61. The van der Waals surface area contributed by atoms with Crippen LogP contribution in [0.15, 0.2) is 77.3 Å². The van der Waals surface area contributed by atoms with Crippen LogP contribution >= 0.6 is 15.9 Å². The Morgan fingerprint density at radius 2 is 1.64 bits per heavy atom. The number of nitrogens with zero attached hydrogens (tertiary/aromatic N) is 2. The summed E-state index contributed by atoms with van der Waals surface area (Å²) in [4.78, 5) is 21.9. The second-order valence-electron chi connectivity index (χ2n) is 8.35. The van der Waals surface area contributed by atoms with Gasteiger partial charge in [-0.15, -0.1) is 0 Å². The van der Waals surface area contributed by atoms with Gasteiger partial charge in [0.2, 0.25) is 5.88 Å². The SMILES string of the molecule is CCOC(=O)C(OCCCCOc1nc(-c2ccc(C)cc2)nc2ccccc12)c1ccc(Br)cc1. The average molecular weight is 549 g/mol. The quantitative estimate of drug-likeness (QED) is 0.151. The highest BCUT2D eigenvalue weighted by atomic mass is 79.9. The number of rotatable bonds is 11. The number of aromatic nitrogens is 2. The summed E-state index contributed by atoms with van der Waals surface area (Å²) >= 11 is 3.42. The summed E-state index contributed by atoms with van der Waals surface area (Å²) in [5.74, 6) is 0.822. The molecular formula is C29H29BrN2O4. The van der Waals surface area contributed by atoms with Gasteiger partial charge in [-0.2, -0.15) is 4.98 Å². The number of hydrogen-bond donors (Lipinski definition) is 0. The van der Waals surface area contributed by atoms with Crippen molar-refractivity contribution in [3.8, 4) is 17.3 Å². The molecule has 1 heterocycles. The molecule has 1 atom stereocenters. The minimum Gasteiger partial charge on any atom is -0.477 e. The largest absolute Gasteiger partial charge is 0.477 e. The van der Waals surface area contributed by atoms with E-state index >= 15 is 0 Å². The van der Waals surface area contributed by atoms with Crippen LogP contribution < -0.4 is 4.74 Å². The number of benzene rings is 3. The number of ether oxygens (including phenoxy) is 3. The van der Waals surface area contributed by atoms with Crippen molar-refractivity contribution in [1.82, 2.24) is 9.97 Å². The predicted octanol–water partition coefficient (Wildman–Crippen LogP) is 6.85. The van der Waals surface area contributed by atoms with Crippen molar-refractivity contribution in [2.24, 2.45) is 0 Å². The monoisotopic (exact) mass is 548 g/mol. The molecule has 0 N–H and O–H groups in total. The molecule has 6 nitrogen and oxygen atoms in total. The van der Waals surface area contributed by atoms with Gasteiger partial charge in [0, 0.05) is 16.6 Å². The first-order valence-electron chi connectivity index (χ1n) is 12.1. The molecule has 0 aliphatic heterocycles. The van der Waals surface area contributed by atoms with E-state index in [0.717, 1.165) is 39.3 Å². The summed E-state index contributed by atoms with van der Waals surface area (Å²) in [6, 6.07) is 23.5. The normalized spacial score (nSPS) is 11.9. The minimum absolute atomic E-state index is 0.306. The molecule has 36 heavy (non-hydrogen) atoms. The maximum atomic E-state index is 12.4. The zero-order chi connectivity index (χ0) is 25.3. The summed E-state index contributed by atoms with van der Waals surface area (Å²) < 4.78 is 18.2. The Balaban J connectivity index is 1.36. The Hall–Kier alpha value is -3.29. The number of unbranched alkanes of at least 4 members (excludes halogenated alkanes) is 1. The van der Waals surface area contributed by atoms with Crippen molar-refractivity contribution in [3.63, 3.8) is 0 Å². The van der Waals surface area contributed by atoms with Crippen molar-refractivity contribution in [2.45, 2.75) is 32.8 Å². The van der Waals surface area contributed by atoms with E-state index in [1.54, 1.807) is 6.92 Å². The molecule has 4 aromatic rings. The van der Waals surface area contributed by atoms with Crippen LogP contribution in [-0.2, 0) is 14.3 Å². The van der Waals surface area contributed by atoms with E-state index in [-0.39, 0.29) is 5.97 Å². The Labute approximate surface area is 219 Å². The van der Waals surface area contributed by atoms with Crippen molar-refractivity contribution >= 4 is 32.8 Å². The molecule has 1 unspecified atom stereocenters. The highest BCUT2D eigenvalue weighted by Gasteiger charge is 2.22. The lowest BCUT2D eigenvalue weighted by atomic mass is 10.1. The third-order valence-corrected chi connectivity index (χ3v) is 6.14. The third kappa shape index (κ3) is 6.68. The highest BCUT2D eigenvalue weighted by molar-refractivity contribution is 9.10. The van der Waals surface area contributed by atoms with Crippen molar-refractivity contribution < 1.29 is 19.0 Å². The molecule has 0 bridgehead atoms. The molecule has 0 radical (unpaired) electrons. The van der Waals surface area contributed by atoms with E-state index in [2.05, 4.69) is 22.9 Å². The molecule has 1 aromatic heterocycles. The molecule has 7 heteroatoms. The van der Waals surface area contributed by atoms with Gasteiger partial charge in [0.25, 0.3) is 0 Å². The molecule has 0 saturated heterocycles. The van der Waals surface area contributed by atoms with Gasteiger partial charge >= 0.3 is 5.97 Å². The molecule has 0 fully saturated rings. The van der Waals surface area contributed by atoms with E-state index in [1.807, 2.05) is 72.8 Å². The van der Waals surface area contributed by atoms with Crippen LogP contribution in [0.2, 0.25) is 0 Å². The lowest BCUT2D eigenvalue weighted by Gasteiger charge is -2.17. The summed E-state index contributed by atoms with van der Waals surface area (Å²) in [5.41, 5.74) is 3.74. The average Bonchev–Trinajstić information content (AvgIpc) is 2.89. The number of aryl methyl sites for hydroxylation is 1. The first kappa shape index (κ1) is 25.8. The zero-order valence-electron chi connectivity index (χ0n) is 20.4. The van der Waals surface area contributed by atoms with Gasteiger partial charge in [0.05, 0.1) is 24.1 Å². The van der Waals surface area contributed by atoms with Crippen LogP contribution in [0, 0.1) is 6.92 Å². The molecule has 0 aliphatic carbocycles. The Morgan fingerprint density at radius 3 is 2.39 bits per heavy atom. The predicted molar refractivity (Wildman–Crippen MR) is 144 cm³/mol. The number of para-hydroxylation sites is 1. The summed E-state index contributed by atoms with van der Waals surface area (Å²) in [5, 5.41) is 0.877. The van der Waals surface area contributed by atoms with Crippen molar-refractivity contribution in [3.05, 3.63) is 88.4 Å². The fourth-order valence-corrected chi connectivity index (χ4v) is 3.98. The van der Waals surface area contributed by atoms with Gasteiger partial charge < -0.3 is 14.2 Å². The topological polar surface area (TPSA) is 70.5 Å². The van der Waals surface area contributed by atoms with E-state index in [9.17, 15) is 4.79 Å². The number of hydrogen-bond acceptors (Lipinski definition) is 6. The van der Waals surface area contributed by atoms with Crippen LogP contribution in [0.25, 0.3) is 22.3 Å². The number of carbonyl (C=O) groups is 1. The van der Waals surface area contributed by atoms with Crippen LogP contribution in [-0.4, -0.2) is 35.8 Å². The van der Waals surface area contributed by atoms with Crippen LogP contribution in [0.4, 0.5) is 0 Å². The van der Waals surface area contributed by atoms with Gasteiger partial charge in [-0.25, -0.2) is 9.78 Å². The number of fused-ring (bicyclic) bond motifs is 1. The molecular weight excluding hydrogens is 520 g/mol. The number of esters is 1. The molecule has 3 aromatic carbocycles. The van der Waals surface area contributed by atoms with Crippen molar-refractivity contribution in [2.75, 3.05) is 19.8 Å². The van der Waals surface area contributed by atoms with E-state index in [4.69, 9.17) is 24.2 Å². The summed E-state index contributed by atoms with van der Waals surface area (Å²) in [6.07, 6.45) is 0.718. The van der Waals surface area contributed by atoms with E-state index < -0.39 is 6.10 Å². The summed E-state index contributed by atoms with van der Waals surface area (Å²) in [6.45, 7) is 5.02.